The Morgan fingerprint density at radius 1 is 1.22 bits per heavy atom. The normalized spacial score (nSPS) is 19.9. The summed E-state index contributed by atoms with van der Waals surface area (Å²) in [7, 11) is 0. The van der Waals surface area contributed by atoms with E-state index < -0.39 is 11.7 Å². The van der Waals surface area contributed by atoms with Crippen molar-refractivity contribution in [3.8, 4) is 0 Å². The van der Waals surface area contributed by atoms with E-state index in [1.165, 1.54) is 12.1 Å². The molecule has 0 spiro atoms. The van der Waals surface area contributed by atoms with Crippen LogP contribution in [0.4, 0.5) is 13.2 Å². The van der Waals surface area contributed by atoms with Crippen molar-refractivity contribution in [3.63, 3.8) is 0 Å². The number of halogens is 3. The van der Waals surface area contributed by atoms with Crippen LogP contribution in [0.2, 0.25) is 0 Å². The Balaban J connectivity index is 2.12. The average Bonchev–Trinajstić information content (AvgIpc) is 2.77. The van der Waals surface area contributed by atoms with Crippen molar-refractivity contribution < 1.29 is 18.0 Å². The van der Waals surface area contributed by atoms with Crippen LogP contribution >= 0.6 is 0 Å². The van der Waals surface area contributed by atoms with Crippen LogP contribution in [-0.2, 0) is 11.0 Å². The van der Waals surface area contributed by atoms with Gasteiger partial charge in [-0.25, -0.2) is 0 Å². The van der Waals surface area contributed by atoms with E-state index >= 15 is 0 Å². The van der Waals surface area contributed by atoms with E-state index in [1.54, 1.807) is 0 Å². The Kier molecular flexibility index (Phi) is 3.32. The molecule has 1 unspecified atom stereocenters. The first-order chi connectivity index (χ1) is 8.38. The Morgan fingerprint density at radius 3 is 2.28 bits per heavy atom. The van der Waals surface area contributed by atoms with Gasteiger partial charge in [0.15, 0.2) is 0 Å². The summed E-state index contributed by atoms with van der Waals surface area (Å²) in [4.78, 5) is 5.24. The molecule has 2 nitrogen and oxygen atoms in total. The largest absolute Gasteiger partial charge is 0.416 e. The van der Waals surface area contributed by atoms with E-state index in [9.17, 15) is 13.2 Å². The van der Waals surface area contributed by atoms with Gasteiger partial charge in [-0.3, -0.25) is 0 Å². The first kappa shape index (κ1) is 12.9. The fraction of sp³-hybridized carbons (Fsp3) is 0.462. The maximum Gasteiger partial charge on any atom is 0.416 e. The highest BCUT2D eigenvalue weighted by Gasteiger charge is 2.31. The third-order valence-electron chi connectivity index (χ3n) is 2.98. The summed E-state index contributed by atoms with van der Waals surface area (Å²) in [6.45, 7) is 4.05. The lowest BCUT2D eigenvalue weighted by atomic mass is 9.98. The molecule has 0 saturated heterocycles. The van der Waals surface area contributed by atoms with Crippen molar-refractivity contribution in [2.24, 2.45) is 11.1 Å². The Labute approximate surface area is 103 Å². The molecule has 0 amide bonds. The van der Waals surface area contributed by atoms with Gasteiger partial charge >= 0.3 is 6.18 Å². The summed E-state index contributed by atoms with van der Waals surface area (Å²) < 4.78 is 37.2. The molecular weight excluding hydrogens is 243 g/mol. The lowest BCUT2D eigenvalue weighted by molar-refractivity contribution is -0.137. The average molecular weight is 257 g/mol. The van der Waals surface area contributed by atoms with Crippen LogP contribution in [0.15, 0.2) is 29.4 Å². The van der Waals surface area contributed by atoms with Gasteiger partial charge in [-0.1, -0.05) is 31.1 Å². The van der Waals surface area contributed by atoms with Gasteiger partial charge in [0.25, 0.3) is 0 Å². The number of hydrogen-bond acceptors (Lipinski definition) is 2. The highest BCUT2D eigenvalue weighted by atomic mass is 19.4. The van der Waals surface area contributed by atoms with Crippen LogP contribution in [0.3, 0.4) is 0 Å². The molecule has 2 rings (SSSR count). The maximum absolute atomic E-state index is 12.4. The topological polar surface area (TPSA) is 21.6 Å². The van der Waals surface area contributed by atoms with Gasteiger partial charge in [-0.2, -0.15) is 13.2 Å². The van der Waals surface area contributed by atoms with Crippen molar-refractivity contribution >= 4 is 5.71 Å². The standard InChI is InChI=1S/C13H14F3NO/c1-8(2)12-7-11(17-18-12)9-3-5-10(6-4-9)13(14,15)16/h3-6,8,12H,7H2,1-2H3. The van der Waals surface area contributed by atoms with Crippen LogP contribution in [0, 0.1) is 5.92 Å². The Hall–Kier alpha value is -1.52. The summed E-state index contributed by atoms with van der Waals surface area (Å²) in [5, 5.41) is 3.94. The molecule has 1 aromatic rings. The molecule has 1 aliphatic rings. The lowest BCUT2D eigenvalue weighted by Crippen LogP contribution is -2.15. The number of benzene rings is 1. The number of nitrogens with zero attached hydrogens (tertiary/aromatic N) is 1. The molecular formula is C13H14F3NO. The van der Waals surface area contributed by atoms with Crippen molar-refractivity contribution in [2.75, 3.05) is 0 Å². The monoisotopic (exact) mass is 257 g/mol. The third-order valence-corrected chi connectivity index (χ3v) is 2.98. The molecule has 98 valence electrons. The van der Waals surface area contributed by atoms with Crippen molar-refractivity contribution in [1.29, 1.82) is 0 Å². The SMILES string of the molecule is CC(C)C1CC(c2ccc(C(F)(F)F)cc2)=NO1. The second kappa shape index (κ2) is 4.63. The van der Waals surface area contributed by atoms with Crippen LogP contribution in [0.25, 0.3) is 0 Å². The van der Waals surface area contributed by atoms with E-state index in [1.807, 2.05) is 13.8 Å². The summed E-state index contributed by atoms with van der Waals surface area (Å²) >= 11 is 0. The highest BCUT2D eigenvalue weighted by Crippen LogP contribution is 2.30. The minimum atomic E-state index is -4.30. The molecule has 1 aromatic carbocycles. The molecule has 0 fully saturated rings. The third kappa shape index (κ3) is 2.66. The number of rotatable bonds is 2. The summed E-state index contributed by atoms with van der Waals surface area (Å²) in [6, 6.07) is 5.02. The smallest absolute Gasteiger partial charge is 0.392 e. The van der Waals surface area contributed by atoms with Crippen LogP contribution in [0.5, 0.6) is 0 Å². The van der Waals surface area contributed by atoms with E-state index in [0.29, 0.717) is 23.6 Å². The molecule has 1 aliphatic heterocycles. The van der Waals surface area contributed by atoms with Crippen molar-refractivity contribution in [1.82, 2.24) is 0 Å². The van der Waals surface area contributed by atoms with E-state index in [4.69, 9.17) is 4.84 Å². The minimum absolute atomic E-state index is 0.0160. The molecule has 0 bridgehead atoms. The first-order valence-electron chi connectivity index (χ1n) is 5.78. The summed E-state index contributed by atoms with van der Waals surface area (Å²) in [5.74, 6) is 0.334. The van der Waals surface area contributed by atoms with Gasteiger partial charge in [-0.05, 0) is 23.6 Å². The lowest BCUT2D eigenvalue weighted by Gasteiger charge is -2.11. The van der Waals surface area contributed by atoms with Crippen molar-refractivity contribution in [3.05, 3.63) is 35.4 Å². The number of hydrogen-bond donors (Lipinski definition) is 0. The zero-order valence-corrected chi connectivity index (χ0v) is 10.2. The molecule has 0 saturated carbocycles. The van der Waals surface area contributed by atoms with Crippen LogP contribution in [0.1, 0.15) is 31.4 Å². The first-order valence-corrected chi connectivity index (χ1v) is 5.78. The zero-order valence-electron chi connectivity index (χ0n) is 10.2. The van der Waals surface area contributed by atoms with Gasteiger partial charge < -0.3 is 4.84 Å². The van der Waals surface area contributed by atoms with Gasteiger partial charge in [-0.15, -0.1) is 0 Å². The van der Waals surface area contributed by atoms with E-state index in [-0.39, 0.29) is 6.10 Å². The zero-order chi connectivity index (χ0) is 13.3. The second-order valence-electron chi connectivity index (χ2n) is 4.71. The molecule has 18 heavy (non-hydrogen) atoms. The predicted octanol–water partition coefficient (Wildman–Crippen LogP) is 3.85. The van der Waals surface area contributed by atoms with Gasteiger partial charge in [0.1, 0.15) is 6.10 Å². The molecule has 0 aliphatic carbocycles. The number of alkyl halides is 3. The summed E-state index contributed by atoms with van der Waals surface area (Å²) in [6.07, 6.45) is -3.64. The Morgan fingerprint density at radius 2 is 1.83 bits per heavy atom. The molecule has 0 radical (unpaired) electrons. The molecule has 0 N–H and O–H groups in total. The summed E-state index contributed by atoms with van der Waals surface area (Å²) in [5.41, 5.74) is 0.750. The van der Waals surface area contributed by atoms with E-state index in [0.717, 1.165) is 12.1 Å². The van der Waals surface area contributed by atoms with E-state index in [2.05, 4.69) is 5.16 Å². The van der Waals surface area contributed by atoms with Gasteiger partial charge in [0, 0.05) is 6.42 Å². The van der Waals surface area contributed by atoms with Gasteiger partial charge in [0.05, 0.1) is 11.3 Å². The van der Waals surface area contributed by atoms with Crippen molar-refractivity contribution in [2.45, 2.75) is 32.5 Å². The Bertz CT molecular complexity index is 448. The number of oxime groups is 1. The maximum atomic E-state index is 12.4. The highest BCUT2D eigenvalue weighted by molar-refractivity contribution is 6.01. The van der Waals surface area contributed by atoms with Gasteiger partial charge in [0.2, 0.25) is 0 Å². The van der Waals surface area contributed by atoms with Crippen LogP contribution in [-0.4, -0.2) is 11.8 Å². The quantitative estimate of drug-likeness (QED) is 0.788. The minimum Gasteiger partial charge on any atom is -0.392 e. The molecule has 0 aromatic heterocycles. The predicted molar refractivity (Wildman–Crippen MR) is 62.3 cm³/mol. The molecule has 1 heterocycles. The van der Waals surface area contributed by atoms with Crippen LogP contribution < -0.4 is 0 Å². The fourth-order valence-corrected chi connectivity index (χ4v) is 1.78. The molecule has 5 heteroatoms. The second-order valence-corrected chi connectivity index (χ2v) is 4.71. The fourth-order valence-electron chi connectivity index (χ4n) is 1.78. The molecule has 1 atom stereocenters.